The molecule has 2 N–H and O–H groups in total. The zero-order valence-corrected chi connectivity index (χ0v) is 7.37. The van der Waals surface area contributed by atoms with Crippen LogP contribution in [-0.2, 0) is 6.18 Å². The molecule has 0 aliphatic rings. The van der Waals surface area contributed by atoms with Crippen LogP contribution < -0.4 is 5.73 Å². The van der Waals surface area contributed by atoms with Gasteiger partial charge in [0, 0.05) is 5.69 Å². The zero-order valence-electron chi connectivity index (χ0n) is 7.37. The maximum Gasteiger partial charge on any atom is 0.418 e. The van der Waals surface area contributed by atoms with E-state index in [0.717, 1.165) is 5.56 Å². The predicted molar refractivity (Wildman–Crippen MR) is 45.3 cm³/mol. The summed E-state index contributed by atoms with van der Waals surface area (Å²) in [6.45, 7) is 3.12. The number of halogens is 3. The quantitative estimate of drug-likeness (QED) is 0.624. The monoisotopic (exact) mass is 189 g/mol. The van der Waals surface area contributed by atoms with Crippen LogP contribution in [0.2, 0.25) is 0 Å². The van der Waals surface area contributed by atoms with Crippen LogP contribution in [-0.4, -0.2) is 0 Å². The van der Waals surface area contributed by atoms with Crippen LogP contribution in [0.25, 0.3) is 0 Å². The van der Waals surface area contributed by atoms with Crippen LogP contribution >= 0.6 is 0 Å². The number of aryl methyl sites for hydroxylation is 2. The fraction of sp³-hybridized carbons (Fsp3) is 0.333. The van der Waals surface area contributed by atoms with Gasteiger partial charge in [0.05, 0.1) is 5.56 Å². The van der Waals surface area contributed by atoms with E-state index >= 15 is 0 Å². The Morgan fingerprint density at radius 2 is 1.69 bits per heavy atom. The Labute approximate surface area is 74.4 Å². The van der Waals surface area contributed by atoms with Crippen LogP contribution in [0, 0.1) is 13.8 Å². The average molecular weight is 189 g/mol. The second-order valence-electron chi connectivity index (χ2n) is 3.04. The molecule has 0 saturated carbocycles. The van der Waals surface area contributed by atoms with Crippen molar-refractivity contribution in [2.45, 2.75) is 20.0 Å². The molecule has 1 nitrogen and oxygen atoms in total. The Hall–Kier alpha value is -1.19. The molecular weight excluding hydrogens is 179 g/mol. The van der Waals surface area contributed by atoms with Crippen LogP contribution in [0.5, 0.6) is 0 Å². The normalized spacial score (nSPS) is 11.8. The van der Waals surface area contributed by atoms with E-state index in [2.05, 4.69) is 0 Å². The summed E-state index contributed by atoms with van der Waals surface area (Å²) in [6, 6.07) is 2.80. The lowest BCUT2D eigenvalue weighted by Gasteiger charge is -2.13. The van der Waals surface area contributed by atoms with E-state index in [0.29, 0.717) is 0 Å². The van der Waals surface area contributed by atoms with Crippen molar-refractivity contribution >= 4 is 5.69 Å². The van der Waals surface area contributed by atoms with Crippen molar-refractivity contribution in [2.24, 2.45) is 0 Å². The highest BCUT2D eigenvalue weighted by Crippen LogP contribution is 2.36. The zero-order chi connectivity index (χ0) is 10.2. The smallest absolute Gasteiger partial charge is 0.398 e. The van der Waals surface area contributed by atoms with Crippen molar-refractivity contribution in [1.29, 1.82) is 0 Å². The minimum Gasteiger partial charge on any atom is -0.398 e. The lowest BCUT2D eigenvalue weighted by molar-refractivity contribution is -0.137. The largest absolute Gasteiger partial charge is 0.418 e. The number of hydrogen-bond donors (Lipinski definition) is 1. The van der Waals surface area contributed by atoms with Gasteiger partial charge in [-0.15, -0.1) is 0 Å². The summed E-state index contributed by atoms with van der Waals surface area (Å²) < 4.78 is 37.1. The van der Waals surface area contributed by atoms with Gasteiger partial charge < -0.3 is 5.73 Å². The summed E-state index contributed by atoms with van der Waals surface area (Å²) in [5, 5.41) is 0. The molecule has 0 spiro atoms. The van der Waals surface area contributed by atoms with E-state index in [1.807, 2.05) is 0 Å². The molecule has 0 saturated heterocycles. The number of anilines is 1. The van der Waals surface area contributed by atoms with Crippen LogP contribution in [0.15, 0.2) is 12.1 Å². The van der Waals surface area contributed by atoms with Gasteiger partial charge >= 0.3 is 6.18 Å². The van der Waals surface area contributed by atoms with Gasteiger partial charge in [0.15, 0.2) is 0 Å². The van der Waals surface area contributed by atoms with Gasteiger partial charge in [0.2, 0.25) is 0 Å². The number of nitrogen functional groups attached to an aromatic ring is 1. The molecule has 0 aliphatic carbocycles. The molecule has 0 unspecified atom stereocenters. The Morgan fingerprint density at radius 3 is 2.08 bits per heavy atom. The Bertz CT molecular complexity index is 305. The molecule has 0 atom stereocenters. The number of alkyl halides is 3. The maximum atomic E-state index is 12.4. The minimum atomic E-state index is -4.36. The predicted octanol–water partition coefficient (Wildman–Crippen LogP) is 2.90. The van der Waals surface area contributed by atoms with Gasteiger partial charge in [-0.05, 0) is 31.0 Å². The first-order valence-corrected chi connectivity index (χ1v) is 3.76. The number of rotatable bonds is 0. The maximum absolute atomic E-state index is 12.4. The number of benzene rings is 1. The highest BCUT2D eigenvalue weighted by molar-refractivity contribution is 5.54. The van der Waals surface area contributed by atoms with Gasteiger partial charge in [-0.2, -0.15) is 13.2 Å². The minimum absolute atomic E-state index is 0.171. The first-order valence-electron chi connectivity index (χ1n) is 3.76. The second-order valence-corrected chi connectivity index (χ2v) is 3.04. The van der Waals surface area contributed by atoms with E-state index in [1.165, 1.54) is 19.1 Å². The van der Waals surface area contributed by atoms with Gasteiger partial charge in [-0.1, -0.05) is 6.07 Å². The first-order chi connectivity index (χ1) is 5.82. The van der Waals surface area contributed by atoms with Crippen molar-refractivity contribution < 1.29 is 13.2 Å². The van der Waals surface area contributed by atoms with E-state index in [1.54, 1.807) is 6.92 Å². The lowest BCUT2D eigenvalue weighted by Crippen LogP contribution is -2.11. The summed E-state index contributed by atoms with van der Waals surface area (Å²) in [5.41, 5.74) is 5.27. The standard InChI is InChI=1S/C9H10F3N/c1-5-3-6(2)8(7(13)4-5)9(10,11)12/h3-4H,13H2,1-2H3. The molecule has 0 heterocycles. The van der Waals surface area contributed by atoms with Gasteiger partial charge in [0.25, 0.3) is 0 Å². The van der Waals surface area contributed by atoms with Gasteiger partial charge in [-0.3, -0.25) is 0 Å². The average Bonchev–Trinajstić information content (AvgIpc) is 1.78. The van der Waals surface area contributed by atoms with E-state index in [4.69, 9.17) is 5.73 Å². The summed E-state index contributed by atoms with van der Waals surface area (Å²) in [5.74, 6) is 0. The lowest BCUT2D eigenvalue weighted by atomic mass is 10.0. The van der Waals surface area contributed by atoms with E-state index in [-0.39, 0.29) is 11.3 Å². The fourth-order valence-electron chi connectivity index (χ4n) is 1.39. The topological polar surface area (TPSA) is 26.0 Å². The highest BCUT2D eigenvalue weighted by atomic mass is 19.4. The molecule has 72 valence electrons. The summed E-state index contributed by atoms with van der Waals surface area (Å²) in [6.07, 6.45) is -4.36. The molecule has 1 rings (SSSR count). The Kier molecular flexibility index (Phi) is 2.24. The third-order valence-corrected chi connectivity index (χ3v) is 1.79. The van der Waals surface area contributed by atoms with Crippen LogP contribution in [0.4, 0.5) is 18.9 Å². The van der Waals surface area contributed by atoms with Gasteiger partial charge in [0.1, 0.15) is 0 Å². The molecule has 0 amide bonds. The fourth-order valence-corrected chi connectivity index (χ4v) is 1.39. The van der Waals surface area contributed by atoms with Crippen LogP contribution in [0.3, 0.4) is 0 Å². The molecule has 0 bridgehead atoms. The van der Waals surface area contributed by atoms with E-state index < -0.39 is 11.7 Å². The first kappa shape index (κ1) is 9.89. The third kappa shape index (κ3) is 1.94. The third-order valence-electron chi connectivity index (χ3n) is 1.79. The van der Waals surface area contributed by atoms with Crippen molar-refractivity contribution in [3.05, 3.63) is 28.8 Å². The second kappa shape index (κ2) is 2.94. The molecule has 0 aliphatic heterocycles. The van der Waals surface area contributed by atoms with Crippen molar-refractivity contribution in [1.82, 2.24) is 0 Å². The molecule has 0 fully saturated rings. The molecule has 0 radical (unpaired) electrons. The van der Waals surface area contributed by atoms with Gasteiger partial charge in [-0.25, -0.2) is 0 Å². The molecule has 1 aromatic rings. The Morgan fingerprint density at radius 1 is 1.15 bits per heavy atom. The SMILES string of the molecule is Cc1cc(C)c(C(F)(F)F)c(N)c1. The molecule has 0 aromatic heterocycles. The van der Waals surface area contributed by atoms with Crippen molar-refractivity contribution in [3.8, 4) is 0 Å². The van der Waals surface area contributed by atoms with E-state index in [9.17, 15) is 13.2 Å². The molecule has 13 heavy (non-hydrogen) atoms. The van der Waals surface area contributed by atoms with Crippen molar-refractivity contribution in [3.63, 3.8) is 0 Å². The highest BCUT2D eigenvalue weighted by Gasteiger charge is 2.34. The summed E-state index contributed by atoms with van der Waals surface area (Å²) in [4.78, 5) is 0. The molecule has 4 heteroatoms. The molecule has 1 aromatic carbocycles. The van der Waals surface area contributed by atoms with Crippen LogP contribution in [0.1, 0.15) is 16.7 Å². The van der Waals surface area contributed by atoms with Crippen molar-refractivity contribution in [2.75, 3.05) is 5.73 Å². The molecular formula is C9H10F3N. The Balaban J connectivity index is 3.38. The number of hydrogen-bond acceptors (Lipinski definition) is 1. The number of nitrogens with two attached hydrogens (primary N) is 1. The summed E-state index contributed by atoms with van der Waals surface area (Å²) in [7, 11) is 0. The summed E-state index contributed by atoms with van der Waals surface area (Å²) >= 11 is 0.